The molecule has 0 fully saturated rings. The summed E-state index contributed by atoms with van der Waals surface area (Å²) < 4.78 is 38.6. The summed E-state index contributed by atoms with van der Waals surface area (Å²) >= 11 is 1.26. The number of halogens is 3. The van der Waals surface area contributed by atoms with Crippen molar-refractivity contribution < 1.29 is 22.8 Å². The highest BCUT2D eigenvalue weighted by atomic mass is 32.2. The molecule has 0 bridgehead atoms. The maximum atomic E-state index is 12.9. The Morgan fingerprint density at radius 1 is 1.00 bits per heavy atom. The SMILES string of the molecule is CC(=O)Nc1ccc(C(F)(F)F)cc1NC(=O)CSc1ccccc1. The highest BCUT2D eigenvalue weighted by Crippen LogP contribution is 2.34. The predicted octanol–water partition coefficient (Wildman–Crippen LogP) is 4.39. The number of alkyl halides is 3. The molecule has 0 aliphatic rings. The molecular formula is C17H15F3N2O2S. The van der Waals surface area contributed by atoms with Crippen molar-refractivity contribution >= 4 is 35.0 Å². The first-order valence-electron chi connectivity index (χ1n) is 7.22. The van der Waals surface area contributed by atoms with Crippen molar-refractivity contribution in [2.45, 2.75) is 18.0 Å². The lowest BCUT2D eigenvalue weighted by atomic mass is 10.1. The van der Waals surface area contributed by atoms with Crippen LogP contribution >= 0.6 is 11.8 Å². The van der Waals surface area contributed by atoms with Crippen LogP contribution in [0.2, 0.25) is 0 Å². The minimum Gasteiger partial charge on any atom is -0.325 e. The van der Waals surface area contributed by atoms with E-state index in [-0.39, 0.29) is 17.1 Å². The molecule has 4 nitrogen and oxygen atoms in total. The van der Waals surface area contributed by atoms with Gasteiger partial charge in [-0.2, -0.15) is 13.2 Å². The van der Waals surface area contributed by atoms with Gasteiger partial charge in [0.1, 0.15) is 0 Å². The highest BCUT2D eigenvalue weighted by molar-refractivity contribution is 8.00. The van der Waals surface area contributed by atoms with E-state index < -0.39 is 23.6 Å². The molecule has 0 aromatic heterocycles. The third-order valence-electron chi connectivity index (χ3n) is 3.04. The summed E-state index contributed by atoms with van der Waals surface area (Å²) in [6.07, 6.45) is -4.55. The molecule has 0 atom stereocenters. The van der Waals surface area contributed by atoms with Crippen molar-refractivity contribution in [1.82, 2.24) is 0 Å². The van der Waals surface area contributed by atoms with Crippen LogP contribution in [0, 0.1) is 0 Å². The zero-order valence-corrected chi connectivity index (χ0v) is 14.0. The van der Waals surface area contributed by atoms with Gasteiger partial charge < -0.3 is 10.6 Å². The Morgan fingerprint density at radius 2 is 1.68 bits per heavy atom. The van der Waals surface area contributed by atoms with E-state index in [1.807, 2.05) is 30.3 Å². The summed E-state index contributed by atoms with van der Waals surface area (Å²) in [7, 11) is 0. The van der Waals surface area contributed by atoms with E-state index in [9.17, 15) is 22.8 Å². The second kappa shape index (κ2) is 8.06. The zero-order chi connectivity index (χ0) is 18.4. The fourth-order valence-corrected chi connectivity index (χ4v) is 2.69. The fourth-order valence-electron chi connectivity index (χ4n) is 1.97. The Morgan fingerprint density at radius 3 is 2.28 bits per heavy atom. The van der Waals surface area contributed by atoms with Crippen LogP contribution < -0.4 is 10.6 Å². The summed E-state index contributed by atoms with van der Waals surface area (Å²) in [5.41, 5.74) is -0.894. The lowest BCUT2D eigenvalue weighted by Crippen LogP contribution is -2.18. The molecule has 0 saturated heterocycles. The first kappa shape index (κ1) is 18.9. The van der Waals surface area contributed by atoms with Gasteiger partial charge in [0, 0.05) is 11.8 Å². The number of hydrogen-bond donors (Lipinski definition) is 2. The third-order valence-corrected chi connectivity index (χ3v) is 4.06. The Bertz CT molecular complexity index is 764. The quantitative estimate of drug-likeness (QED) is 0.770. The van der Waals surface area contributed by atoms with E-state index in [0.717, 1.165) is 23.1 Å². The number of benzene rings is 2. The Kier molecular flexibility index (Phi) is 6.08. The van der Waals surface area contributed by atoms with Crippen molar-refractivity contribution in [3.8, 4) is 0 Å². The standard InChI is InChI=1S/C17H15F3N2O2S/c1-11(23)21-14-8-7-12(17(18,19)20)9-15(14)22-16(24)10-25-13-5-3-2-4-6-13/h2-9H,10H2,1H3,(H,21,23)(H,22,24). The first-order valence-corrected chi connectivity index (χ1v) is 8.21. The molecule has 2 N–H and O–H groups in total. The smallest absolute Gasteiger partial charge is 0.325 e. The van der Waals surface area contributed by atoms with Gasteiger partial charge in [0.2, 0.25) is 11.8 Å². The van der Waals surface area contributed by atoms with E-state index in [1.54, 1.807) is 0 Å². The fraction of sp³-hybridized carbons (Fsp3) is 0.176. The van der Waals surface area contributed by atoms with Crippen molar-refractivity contribution in [2.24, 2.45) is 0 Å². The van der Waals surface area contributed by atoms with Crippen LogP contribution in [0.1, 0.15) is 12.5 Å². The second-order valence-electron chi connectivity index (χ2n) is 5.09. The van der Waals surface area contributed by atoms with Crippen LogP contribution in [-0.4, -0.2) is 17.6 Å². The number of anilines is 2. The number of carbonyl (C=O) groups excluding carboxylic acids is 2. The third kappa shape index (κ3) is 5.82. The average molecular weight is 368 g/mol. The molecule has 2 amide bonds. The number of thioether (sulfide) groups is 1. The van der Waals surface area contributed by atoms with Gasteiger partial charge in [0.05, 0.1) is 22.7 Å². The average Bonchev–Trinajstić information content (AvgIpc) is 2.54. The molecule has 0 aliphatic carbocycles. The monoisotopic (exact) mass is 368 g/mol. The molecule has 0 saturated carbocycles. The van der Waals surface area contributed by atoms with Gasteiger partial charge in [-0.05, 0) is 30.3 Å². The van der Waals surface area contributed by atoms with Crippen LogP contribution in [0.5, 0.6) is 0 Å². The van der Waals surface area contributed by atoms with Gasteiger partial charge >= 0.3 is 6.18 Å². The lowest BCUT2D eigenvalue weighted by molar-refractivity contribution is -0.137. The van der Waals surface area contributed by atoms with E-state index in [0.29, 0.717) is 0 Å². The van der Waals surface area contributed by atoms with Crippen molar-refractivity contribution in [2.75, 3.05) is 16.4 Å². The van der Waals surface area contributed by atoms with Gasteiger partial charge in [-0.25, -0.2) is 0 Å². The van der Waals surface area contributed by atoms with Crippen molar-refractivity contribution in [1.29, 1.82) is 0 Å². The largest absolute Gasteiger partial charge is 0.416 e. The van der Waals surface area contributed by atoms with Crippen LogP contribution in [-0.2, 0) is 15.8 Å². The first-order chi connectivity index (χ1) is 11.8. The minimum atomic E-state index is -4.55. The number of hydrogen-bond acceptors (Lipinski definition) is 3. The lowest BCUT2D eigenvalue weighted by Gasteiger charge is -2.14. The predicted molar refractivity (Wildman–Crippen MR) is 91.5 cm³/mol. The maximum Gasteiger partial charge on any atom is 0.416 e. The number of rotatable bonds is 5. The second-order valence-corrected chi connectivity index (χ2v) is 6.14. The van der Waals surface area contributed by atoms with Crippen LogP contribution in [0.25, 0.3) is 0 Å². The molecule has 8 heteroatoms. The van der Waals surface area contributed by atoms with Gasteiger partial charge in [0.15, 0.2) is 0 Å². The van der Waals surface area contributed by atoms with Gasteiger partial charge in [-0.3, -0.25) is 9.59 Å². The van der Waals surface area contributed by atoms with Crippen molar-refractivity contribution in [3.63, 3.8) is 0 Å². The van der Waals surface area contributed by atoms with Crippen molar-refractivity contribution in [3.05, 3.63) is 54.1 Å². The molecule has 25 heavy (non-hydrogen) atoms. The van der Waals surface area contributed by atoms with Gasteiger partial charge in [-0.1, -0.05) is 18.2 Å². The van der Waals surface area contributed by atoms with E-state index in [2.05, 4.69) is 10.6 Å². The van der Waals surface area contributed by atoms with E-state index >= 15 is 0 Å². The van der Waals surface area contributed by atoms with Crippen LogP contribution in [0.3, 0.4) is 0 Å². The molecule has 2 rings (SSSR count). The number of carbonyl (C=O) groups is 2. The molecule has 0 spiro atoms. The molecule has 132 valence electrons. The molecule has 0 unspecified atom stereocenters. The summed E-state index contributed by atoms with van der Waals surface area (Å²) in [6.45, 7) is 1.23. The summed E-state index contributed by atoms with van der Waals surface area (Å²) in [6, 6.07) is 11.9. The Hall–Kier alpha value is -2.48. The molecular weight excluding hydrogens is 353 g/mol. The van der Waals surface area contributed by atoms with E-state index in [1.165, 1.54) is 18.7 Å². The van der Waals surface area contributed by atoms with E-state index in [4.69, 9.17) is 0 Å². The summed E-state index contributed by atoms with van der Waals surface area (Å²) in [4.78, 5) is 24.1. The number of amides is 2. The molecule has 0 aliphatic heterocycles. The van der Waals surface area contributed by atoms with Crippen LogP contribution in [0.15, 0.2) is 53.4 Å². The zero-order valence-electron chi connectivity index (χ0n) is 13.2. The summed E-state index contributed by atoms with van der Waals surface area (Å²) in [5, 5.41) is 4.83. The van der Waals surface area contributed by atoms with Crippen LogP contribution in [0.4, 0.5) is 24.5 Å². The topological polar surface area (TPSA) is 58.2 Å². The maximum absolute atomic E-state index is 12.9. The normalized spacial score (nSPS) is 11.0. The molecule has 0 heterocycles. The molecule has 0 radical (unpaired) electrons. The highest BCUT2D eigenvalue weighted by Gasteiger charge is 2.31. The van der Waals surface area contributed by atoms with Gasteiger partial charge in [0.25, 0.3) is 0 Å². The summed E-state index contributed by atoms with van der Waals surface area (Å²) in [5.74, 6) is -0.895. The molecule has 2 aromatic rings. The Labute approximate surface area is 146 Å². The minimum absolute atomic E-state index is 0.0275. The molecule has 2 aromatic carbocycles. The number of nitrogens with one attached hydrogen (secondary N) is 2. The Balaban J connectivity index is 2.14. The van der Waals surface area contributed by atoms with Gasteiger partial charge in [-0.15, -0.1) is 11.8 Å².